The summed E-state index contributed by atoms with van der Waals surface area (Å²) >= 11 is 3.70. The van der Waals surface area contributed by atoms with Crippen molar-refractivity contribution in [3.63, 3.8) is 0 Å². The van der Waals surface area contributed by atoms with E-state index in [4.69, 9.17) is 8.85 Å². The van der Waals surface area contributed by atoms with Crippen LogP contribution in [0.15, 0.2) is 53.0 Å². The first kappa shape index (κ1) is 34.2. The molecule has 0 amide bonds. The maximum absolute atomic E-state index is 7.15. The smallest absolute Gasteiger partial charge is 0.250 e. The van der Waals surface area contributed by atoms with Crippen LogP contribution in [0.1, 0.15) is 103 Å². The maximum Gasteiger partial charge on any atom is 0.250 e. The van der Waals surface area contributed by atoms with Crippen LogP contribution < -0.4 is 4.43 Å². The average Bonchev–Trinajstić information content (AvgIpc) is 2.89. The quantitative estimate of drug-likeness (QED) is 0.230. The van der Waals surface area contributed by atoms with Crippen molar-refractivity contribution in [3.05, 3.63) is 69.7 Å². The molecule has 0 aromatic heterocycles. The second-order valence-corrected chi connectivity index (χ2v) is 28.2. The summed E-state index contributed by atoms with van der Waals surface area (Å²) in [6.45, 7) is 24.2. The van der Waals surface area contributed by atoms with Crippen LogP contribution in [0.4, 0.5) is 0 Å². The Hall–Kier alpha value is -1.15. The van der Waals surface area contributed by atoms with E-state index in [0.29, 0.717) is 12.0 Å². The zero-order valence-corrected chi connectivity index (χ0v) is 33.0. The molecule has 4 aliphatic carbocycles. The van der Waals surface area contributed by atoms with Crippen LogP contribution in [-0.2, 0) is 16.3 Å². The molecule has 44 heavy (non-hydrogen) atoms. The van der Waals surface area contributed by atoms with Crippen LogP contribution in [0.3, 0.4) is 0 Å². The predicted molar refractivity (Wildman–Crippen MR) is 198 cm³/mol. The summed E-state index contributed by atoms with van der Waals surface area (Å²) in [5, 5.41) is 0.377. The van der Waals surface area contributed by atoms with Crippen molar-refractivity contribution in [1.29, 1.82) is 0 Å². The van der Waals surface area contributed by atoms with Crippen molar-refractivity contribution in [2.45, 2.75) is 135 Å². The second-order valence-electron chi connectivity index (χ2n) is 17.7. The molecule has 4 fully saturated rings. The predicted octanol–water partition coefficient (Wildman–Crippen LogP) is 12.3. The third-order valence-corrected chi connectivity index (χ3v) is 21.6. The van der Waals surface area contributed by atoms with Crippen molar-refractivity contribution < 1.29 is 8.85 Å². The lowest BCUT2D eigenvalue weighted by atomic mass is 9.48. The van der Waals surface area contributed by atoms with Crippen molar-refractivity contribution in [3.8, 4) is 5.75 Å². The summed E-state index contributed by atoms with van der Waals surface area (Å²) in [6.07, 6.45) is 13.0. The Bertz CT molecular complexity index is 1330. The van der Waals surface area contributed by atoms with E-state index in [1.54, 1.807) is 5.56 Å². The van der Waals surface area contributed by atoms with Gasteiger partial charge < -0.3 is 8.85 Å². The second kappa shape index (κ2) is 12.5. The molecule has 0 radical (unpaired) electrons. The van der Waals surface area contributed by atoms with Gasteiger partial charge in [0.1, 0.15) is 5.75 Å². The van der Waals surface area contributed by atoms with Crippen LogP contribution >= 0.6 is 15.9 Å². The van der Waals surface area contributed by atoms with Gasteiger partial charge in [-0.3, -0.25) is 0 Å². The SMILES string of the molecule is CC(C)(C)[Si](C)(C)OCC(=CCCc1ccc(O[Si](C)(C)C(C)(C)C)c(C23CC4CC(CC(C4)C2)C3)c1)c1cccc(Br)c1. The van der Waals surface area contributed by atoms with Crippen LogP contribution in [0.5, 0.6) is 5.75 Å². The molecule has 0 N–H and O–H groups in total. The van der Waals surface area contributed by atoms with Crippen LogP contribution in [0.25, 0.3) is 5.57 Å². The Morgan fingerprint density at radius 3 is 1.98 bits per heavy atom. The molecule has 6 rings (SSSR count). The Kier molecular flexibility index (Phi) is 9.69. The summed E-state index contributed by atoms with van der Waals surface area (Å²) in [4.78, 5) is 0. The molecule has 0 aliphatic heterocycles. The minimum Gasteiger partial charge on any atom is -0.543 e. The minimum atomic E-state index is -1.95. The first-order chi connectivity index (χ1) is 20.4. The number of rotatable bonds is 10. The molecule has 4 saturated carbocycles. The lowest BCUT2D eigenvalue weighted by Crippen LogP contribution is -2.49. The molecule has 5 heteroatoms. The molecule has 242 valence electrons. The van der Waals surface area contributed by atoms with Gasteiger partial charge in [0.15, 0.2) is 8.32 Å². The first-order valence-corrected chi connectivity index (χ1v) is 23.9. The molecular formula is C39H59BrO2Si2. The highest BCUT2D eigenvalue weighted by atomic mass is 79.9. The Labute approximate surface area is 280 Å². The maximum atomic E-state index is 7.15. The van der Waals surface area contributed by atoms with Gasteiger partial charge in [-0.05, 0) is 151 Å². The van der Waals surface area contributed by atoms with E-state index in [1.165, 1.54) is 61.0 Å². The number of benzene rings is 2. The molecule has 0 saturated heterocycles. The largest absolute Gasteiger partial charge is 0.543 e. The van der Waals surface area contributed by atoms with Gasteiger partial charge in [-0.2, -0.15) is 0 Å². The van der Waals surface area contributed by atoms with Gasteiger partial charge in [-0.1, -0.05) is 87.8 Å². The Morgan fingerprint density at radius 1 is 0.841 bits per heavy atom. The highest BCUT2D eigenvalue weighted by molar-refractivity contribution is 9.10. The van der Waals surface area contributed by atoms with Gasteiger partial charge >= 0.3 is 0 Å². The zero-order valence-electron chi connectivity index (χ0n) is 29.4. The molecule has 0 heterocycles. The third-order valence-electron chi connectivity index (χ3n) is 12.2. The van der Waals surface area contributed by atoms with E-state index in [1.807, 2.05) is 0 Å². The molecule has 2 aromatic rings. The monoisotopic (exact) mass is 694 g/mol. The van der Waals surface area contributed by atoms with Gasteiger partial charge in [0.05, 0.1) is 6.61 Å². The lowest BCUT2D eigenvalue weighted by molar-refractivity contribution is -0.00589. The zero-order chi connectivity index (χ0) is 32.1. The number of hydrogen-bond donors (Lipinski definition) is 0. The molecule has 0 unspecified atom stereocenters. The summed E-state index contributed by atoms with van der Waals surface area (Å²) in [5.41, 5.74) is 5.88. The molecule has 4 aliphatic rings. The minimum absolute atomic E-state index is 0.185. The van der Waals surface area contributed by atoms with E-state index in [9.17, 15) is 0 Å². The normalized spacial score (nSPS) is 25.9. The summed E-state index contributed by atoms with van der Waals surface area (Å²) < 4.78 is 15.0. The fraction of sp³-hybridized carbons (Fsp3) is 0.641. The molecule has 2 aromatic carbocycles. The van der Waals surface area contributed by atoms with Crippen LogP contribution in [-0.4, -0.2) is 23.2 Å². The van der Waals surface area contributed by atoms with E-state index in [-0.39, 0.29) is 10.1 Å². The summed E-state index contributed by atoms with van der Waals surface area (Å²) in [7, 11) is -3.82. The van der Waals surface area contributed by atoms with E-state index >= 15 is 0 Å². The Balaban J connectivity index is 1.43. The molecule has 4 bridgehead atoms. The number of aryl methyl sites for hydroxylation is 1. The first-order valence-electron chi connectivity index (χ1n) is 17.3. The molecule has 0 atom stereocenters. The average molecular weight is 696 g/mol. The lowest BCUT2D eigenvalue weighted by Gasteiger charge is -2.57. The van der Waals surface area contributed by atoms with E-state index in [2.05, 4.69) is 132 Å². The highest BCUT2D eigenvalue weighted by Crippen LogP contribution is 2.62. The molecule has 2 nitrogen and oxygen atoms in total. The highest BCUT2D eigenvalue weighted by Gasteiger charge is 2.53. The number of halogens is 1. The van der Waals surface area contributed by atoms with Gasteiger partial charge in [-0.15, -0.1) is 0 Å². The van der Waals surface area contributed by atoms with E-state index < -0.39 is 16.6 Å². The van der Waals surface area contributed by atoms with Gasteiger partial charge in [0.2, 0.25) is 8.32 Å². The van der Waals surface area contributed by atoms with Crippen molar-refractivity contribution in [2.75, 3.05) is 6.61 Å². The van der Waals surface area contributed by atoms with Crippen molar-refractivity contribution in [1.82, 2.24) is 0 Å². The standard InChI is InChI=1S/C39H59BrO2Si2/c1-37(2,3)43(7,8)41-27-33(32-14-12-16-34(40)23-32)15-11-13-28-17-18-36(42-44(9,10)38(4,5)6)35(22-28)39-24-29-19-30(25-39)21-31(20-29)26-39/h12,14-18,22-23,29-31H,11,13,19-21,24-27H2,1-10H3. The number of allylic oxidation sites excluding steroid dienone is 1. The van der Waals surface area contributed by atoms with Crippen LogP contribution in [0, 0.1) is 17.8 Å². The fourth-order valence-electron chi connectivity index (χ4n) is 7.94. The fourth-order valence-corrected chi connectivity index (χ4v) is 10.3. The van der Waals surface area contributed by atoms with Crippen molar-refractivity contribution >= 4 is 38.1 Å². The topological polar surface area (TPSA) is 18.5 Å². The molecular weight excluding hydrogens is 637 g/mol. The van der Waals surface area contributed by atoms with Crippen LogP contribution in [0.2, 0.25) is 36.3 Å². The van der Waals surface area contributed by atoms with Gasteiger partial charge in [-0.25, -0.2) is 0 Å². The van der Waals surface area contributed by atoms with E-state index in [0.717, 1.165) is 35.1 Å². The number of hydrogen-bond acceptors (Lipinski definition) is 2. The van der Waals surface area contributed by atoms with Gasteiger partial charge in [0, 0.05) is 4.47 Å². The Morgan fingerprint density at radius 2 is 1.43 bits per heavy atom. The van der Waals surface area contributed by atoms with Crippen molar-refractivity contribution in [2.24, 2.45) is 17.8 Å². The summed E-state index contributed by atoms with van der Waals surface area (Å²) in [5.74, 6) is 3.96. The van der Waals surface area contributed by atoms with Gasteiger partial charge in [0.25, 0.3) is 0 Å². The molecule has 0 spiro atoms. The summed E-state index contributed by atoms with van der Waals surface area (Å²) in [6, 6.07) is 16.0. The third kappa shape index (κ3) is 7.37.